The van der Waals surface area contributed by atoms with Gasteiger partial charge >= 0.3 is 0 Å². The maximum atomic E-state index is 10.7. The third-order valence-corrected chi connectivity index (χ3v) is 3.87. The molecule has 7 nitrogen and oxygen atoms in total. The summed E-state index contributed by atoms with van der Waals surface area (Å²) in [4.78, 5) is 6.53. The molecule has 2 N–H and O–H groups in total. The number of likely N-dealkylation sites (tertiary alicyclic amines) is 1. The molecule has 3 heterocycles. The smallest absolute Gasteiger partial charge is 0.208 e. The van der Waals surface area contributed by atoms with Gasteiger partial charge in [0.25, 0.3) is 0 Å². The molecule has 20 heavy (non-hydrogen) atoms. The van der Waals surface area contributed by atoms with Gasteiger partial charge in [-0.05, 0) is 33.2 Å². The number of rotatable bonds is 3. The summed E-state index contributed by atoms with van der Waals surface area (Å²) in [5.41, 5.74) is 0.577. The highest BCUT2D eigenvalue weighted by Gasteiger charge is 2.37. The predicted octanol–water partition coefficient (Wildman–Crippen LogP) is 0.893. The van der Waals surface area contributed by atoms with Crippen LogP contribution in [0, 0.1) is 13.8 Å². The lowest BCUT2D eigenvalue weighted by atomic mass is 9.90. The number of nitrogens with zero attached hydrogens (tertiary/aromatic N) is 4. The summed E-state index contributed by atoms with van der Waals surface area (Å²) in [5.74, 6) is 1.55. The number of aromatic amines is 1. The number of H-pyrrole nitrogens is 1. The number of hydrogen-bond donors (Lipinski definition) is 2. The molecule has 1 aliphatic rings. The molecule has 2 aromatic heterocycles. The Bertz CT molecular complexity index is 560. The van der Waals surface area contributed by atoms with Gasteiger partial charge in [0.1, 0.15) is 17.1 Å². The molecule has 0 bridgehead atoms. The molecule has 1 saturated heterocycles. The molecule has 0 amide bonds. The molecule has 0 aliphatic carbocycles. The monoisotopic (exact) mass is 277 g/mol. The van der Waals surface area contributed by atoms with Gasteiger partial charge in [0, 0.05) is 6.54 Å². The van der Waals surface area contributed by atoms with E-state index in [2.05, 4.69) is 25.3 Å². The van der Waals surface area contributed by atoms with E-state index in [9.17, 15) is 5.11 Å². The fraction of sp³-hybridized carbons (Fsp3) is 0.615. The number of oxazole rings is 1. The van der Waals surface area contributed by atoms with Crippen LogP contribution in [-0.2, 0) is 12.1 Å². The Balaban J connectivity index is 1.72. The SMILES string of the molecule is Cc1nc(CN2CCCC(O)(c3cn[nH]n3)C2)oc1C. The number of β-amino-alcohol motifs (C(OH)–C–C–N with tert-alkyl or cyclic N) is 1. The summed E-state index contributed by atoms with van der Waals surface area (Å²) < 4.78 is 5.61. The Morgan fingerprint density at radius 1 is 1.50 bits per heavy atom. The van der Waals surface area contributed by atoms with Gasteiger partial charge in [-0.15, -0.1) is 0 Å². The maximum Gasteiger partial charge on any atom is 0.208 e. The van der Waals surface area contributed by atoms with Crippen molar-refractivity contribution in [2.75, 3.05) is 13.1 Å². The van der Waals surface area contributed by atoms with Crippen molar-refractivity contribution in [3.8, 4) is 0 Å². The van der Waals surface area contributed by atoms with Crippen LogP contribution in [0.2, 0.25) is 0 Å². The van der Waals surface area contributed by atoms with Gasteiger partial charge in [-0.25, -0.2) is 4.98 Å². The summed E-state index contributed by atoms with van der Waals surface area (Å²) in [6.07, 6.45) is 3.19. The Labute approximate surface area is 117 Å². The Morgan fingerprint density at radius 3 is 3.00 bits per heavy atom. The first kappa shape index (κ1) is 13.3. The van der Waals surface area contributed by atoms with Crippen LogP contribution in [0.15, 0.2) is 10.6 Å². The summed E-state index contributed by atoms with van der Waals surface area (Å²) in [6.45, 7) is 5.88. The third kappa shape index (κ3) is 2.46. The van der Waals surface area contributed by atoms with E-state index in [4.69, 9.17) is 4.42 Å². The van der Waals surface area contributed by atoms with Crippen molar-refractivity contribution in [2.45, 2.75) is 38.8 Å². The number of aryl methyl sites for hydroxylation is 2. The minimum Gasteiger partial charge on any atom is -0.444 e. The minimum atomic E-state index is -0.943. The van der Waals surface area contributed by atoms with Crippen LogP contribution < -0.4 is 0 Å². The van der Waals surface area contributed by atoms with Crippen molar-refractivity contribution in [1.29, 1.82) is 0 Å². The first-order chi connectivity index (χ1) is 9.57. The summed E-state index contributed by atoms with van der Waals surface area (Å²) in [7, 11) is 0. The number of aromatic nitrogens is 4. The standard InChI is InChI=1S/C13H19N5O2/c1-9-10(2)20-12(15-9)7-18-5-3-4-13(19,8-18)11-6-14-17-16-11/h6,19H,3-5,7-8H2,1-2H3,(H,14,16,17). The molecule has 1 aliphatic heterocycles. The summed E-state index contributed by atoms with van der Waals surface area (Å²) >= 11 is 0. The normalized spacial score (nSPS) is 24.1. The van der Waals surface area contributed by atoms with Crippen molar-refractivity contribution in [3.63, 3.8) is 0 Å². The zero-order valence-corrected chi connectivity index (χ0v) is 11.8. The van der Waals surface area contributed by atoms with Gasteiger partial charge in [0.05, 0.1) is 18.4 Å². The van der Waals surface area contributed by atoms with E-state index in [0.29, 0.717) is 31.1 Å². The topological polar surface area (TPSA) is 91.1 Å². The van der Waals surface area contributed by atoms with Gasteiger partial charge < -0.3 is 9.52 Å². The number of piperidine rings is 1. The molecule has 0 aromatic carbocycles. The number of nitrogens with one attached hydrogen (secondary N) is 1. The lowest BCUT2D eigenvalue weighted by Gasteiger charge is -2.37. The molecule has 7 heteroatoms. The summed E-state index contributed by atoms with van der Waals surface area (Å²) in [6, 6.07) is 0. The average Bonchev–Trinajstić information content (AvgIpc) is 3.01. The molecule has 0 saturated carbocycles. The van der Waals surface area contributed by atoms with Crippen LogP contribution in [0.5, 0.6) is 0 Å². The highest BCUT2D eigenvalue weighted by atomic mass is 16.4. The first-order valence-corrected chi connectivity index (χ1v) is 6.81. The van der Waals surface area contributed by atoms with E-state index >= 15 is 0 Å². The van der Waals surface area contributed by atoms with Crippen molar-refractivity contribution in [3.05, 3.63) is 29.2 Å². The predicted molar refractivity (Wildman–Crippen MR) is 70.8 cm³/mol. The second-order valence-corrected chi connectivity index (χ2v) is 5.45. The highest BCUT2D eigenvalue weighted by molar-refractivity contribution is 5.09. The van der Waals surface area contributed by atoms with Gasteiger partial charge in [-0.2, -0.15) is 15.4 Å². The molecule has 1 fully saturated rings. The number of hydrogen-bond acceptors (Lipinski definition) is 6. The Hall–Kier alpha value is -1.73. The second-order valence-electron chi connectivity index (χ2n) is 5.45. The second kappa shape index (κ2) is 4.99. The van der Waals surface area contributed by atoms with E-state index in [1.54, 1.807) is 6.20 Å². The minimum absolute atomic E-state index is 0.514. The average molecular weight is 277 g/mol. The van der Waals surface area contributed by atoms with Crippen molar-refractivity contribution in [1.82, 2.24) is 25.3 Å². The third-order valence-electron chi connectivity index (χ3n) is 3.87. The molecular formula is C13H19N5O2. The van der Waals surface area contributed by atoms with Crippen molar-refractivity contribution in [2.24, 2.45) is 0 Å². The van der Waals surface area contributed by atoms with E-state index < -0.39 is 5.60 Å². The van der Waals surface area contributed by atoms with Gasteiger partial charge in [0.2, 0.25) is 5.89 Å². The van der Waals surface area contributed by atoms with E-state index in [1.807, 2.05) is 13.8 Å². The Morgan fingerprint density at radius 2 is 2.35 bits per heavy atom. The van der Waals surface area contributed by atoms with Crippen molar-refractivity contribution < 1.29 is 9.52 Å². The van der Waals surface area contributed by atoms with Crippen LogP contribution in [0.3, 0.4) is 0 Å². The molecule has 0 radical (unpaired) electrons. The van der Waals surface area contributed by atoms with Crippen LogP contribution in [0.4, 0.5) is 0 Å². The maximum absolute atomic E-state index is 10.7. The van der Waals surface area contributed by atoms with Gasteiger partial charge in [-0.3, -0.25) is 4.90 Å². The Kier molecular flexibility index (Phi) is 3.31. The zero-order chi connectivity index (χ0) is 14.2. The largest absolute Gasteiger partial charge is 0.444 e. The molecule has 3 rings (SSSR count). The van der Waals surface area contributed by atoms with Crippen LogP contribution in [0.25, 0.3) is 0 Å². The van der Waals surface area contributed by atoms with Crippen molar-refractivity contribution >= 4 is 0 Å². The lowest BCUT2D eigenvalue weighted by molar-refractivity contribution is -0.0433. The molecule has 2 aromatic rings. The quantitative estimate of drug-likeness (QED) is 0.866. The zero-order valence-electron chi connectivity index (χ0n) is 11.8. The van der Waals surface area contributed by atoms with Gasteiger partial charge in [-0.1, -0.05) is 0 Å². The molecular weight excluding hydrogens is 258 g/mol. The van der Waals surface area contributed by atoms with E-state index in [-0.39, 0.29) is 0 Å². The number of aliphatic hydroxyl groups is 1. The molecule has 1 unspecified atom stereocenters. The fourth-order valence-electron chi connectivity index (χ4n) is 2.69. The lowest BCUT2D eigenvalue weighted by Crippen LogP contribution is -2.46. The summed E-state index contributed by atoms with van der Waals surface area (Å²) in [5, 5.41) is 21.1. The van der Waals surface area contributed by atoms with E-state index in [1.165, 1.54) is 0 Å². The van der Waals surface area contributed by atoms with Crippen LogP contribution in [0.1, 0.15) is 35.9 Å². The molecule has 0 spiro atoms. The van der Waals surface area contributed by atoms with Crippen LogP contribution >= 0.6 is 0 Å². The highest BCUT2D eigenvalue weighted by Crippen LogP contribution is 2.30. The molecule has 108 valence electrons. The van der Waals surface area contributed by atoms with Crippen LogP contribution in [-0.4, -0.2) is 43.5 Å². The fourth-order valence-corrected chi connectivity index (χ4v) is 2.69. The van der Waals surface area contributed by atoms with Gasteiger partial charge in [0.15, 0.2) is 0 Å². The first-order valence-electron chi connectivity index (χ1n) is 6.81. The van der Waals surface area contributed by atoms with E-state index in [0.717, 1.165) is 24.4 Å². The molecule has 1 atom stereocenters.